The van der Waals surface area contributed by atoms with Gasteiger partial charge in [0.15, 0.2) is 0 Å². The maximum atomic E-state index is 12.0. The minimum Gasteiger partial charge on any atom is -0.320 e. The van der Waals surface area contributed by atoms with Crippen LogP contribution >= 0.6 is 11.8 Å². The van der Waals surface area contributed by atoms with E-state index in [9.17, 15) is 4.79 Å². The Labute approximate surface area is 111 Å². The van der Waals surface area contributed by atoms with Crippen LogP contribution < -0.4 is 5.73 Å². The van der Waals surface area contributed by atoms with E-state index in [0.29, 0.717) is 6.42 Å². The van der Waals surface area contributed by atoms with E-state index in [1.165, 1.54) is 11.8 Å². The molecule has 2 rings (SSSR count). The minimum atomic E-state index is -0.461. The first-order chi connectivity index (χ1) is 8.75. The van der Waals surface area contributed by atoms with E-state index in [0.717, 1.165) is 10.5 Å². The minimum absolute atomic E-state index is 0.00468. The van der Waals surface area contributed by atoms with Crippen LogP contribution in [0.1, 0.15) is 5.56 Å². The van der Waals surface area contributed by atoms with Gasteiger partial charge in [0, 0.05) is 4.90 Å². The fourth-order valence-corrected chi connectivity index (χ4v) is 2.39. The fourth-order valence-electron chi connectivity index (χ4n) is 1.63. The number of benzene rings is 2. The average Bonchev–Trinajstić information content (AvgIpc) is 2.41. The van der Waals surface area contributed by atoms with Crippen LogP contribution in [0.3, 0.4) is 0 Å². The second-order valence-corrected chi connectivity index (χ2v) is 5.11. The van der Waals surface area contributed by atoms with Gasteiger partial charge in [0.1, 0.15) is 0 Å². The van der Waals surface area contributed by atoms with Crippen molar-refractivity contribution in [2.45, 2.75) is 17.4 Å². The normalized spacial score (nSPS) is 12.1. The summed E-state index contributed by atoms with van der Waals surface area (Å²) < 4.78 is 0. The molecule has 1 atom stereocenters. The lowest BCUT2D eigenvalue weighted by molar-refractivity contribution is -0.112. The number of carbonyl (C=O) groups is 1. The van der Waals surface area contributed by atoms with Crippen molar-refractivity contribution in [1.29, 1.82) is 0 Å². The molecule has 0 saturated heterocycles. The average molecular weight is 257 g/mol. The van der Waals surface area contributed by atoms with E-state index >= 15 is 0 Å². The summed E-state index contributed by atoms with van der Waals surface area (Å²) in [5.41, 5.74) is 7.02. The van der Waals surface area contributed by atoms with Crippen LogP contribution in [0, 0.1) is 0 Å². The predicted molar refractivity (Wildman–Crippen MR) is 75.4 cm³/mol. The molecule has 0 fully saturated rings. The van der Waals surface area contributed by atoms with E-state index in [2.05, 4.69) is 0 Å². The summed E-state index contributed by atoms with van der Waals surface area (Å²) in [6, 6.07) is 19.0. The molecule has 2 aromatic rings. The number of nitrogens with two attached hydrogens (primary N) is 1. The van der Waals surface area contributed by atoms with Crippen LogP contribution in [0.4, 0.5) is 0 Å². The maximum Gasteiger partial charge on any atom is 0.210 e. The molecule has 2 aromatic carbocycles. The zero-order valence-electron chi connectivity index (χ0n) is 9.95. The summed E-state index contributed by atoms with van der Waals surface area (Å²) in [6.07, 6.45) is 0.583. The van der Waals surface area contributed by atoms with Crippen LogP contribution in [0.15, 0.2) is 65.6 Å². The summed E-state index contributed by atoms with van der Waals surface area (Å²) >= 11 is 1.21. The van der Waals surface area contributed by atoms with E-state index in [1.54, 1.807) is 0 Å². The third-order valence-corrected chi connectivity index (χ3v) is 3.57. The van der Waals surface area contributed by atoms with Gasteiger partial charge in [-0.25, -0.2) is 0 Å². The van der Waals surface area contributed by atoms with Crippen molar-refractivity contribution in [3.8, 4) is 0 Å². The molecule has 0 aromatic heterocycles. The van der Waals surface area contributed by atoms with Crippen LogP contribution in [0.2, 0.25) is 0 Å². The molecule has 2 N–H and O–H groups in total. The molecule has 0 amide bonds. The van der Waals surface area contributed by atoms with Crippen LogP contribution in [0.25, 0.3) is 0 Å². The van der Waals surface area contributed by atoms with E-state index < -0.39 is 6.04 Å². The van der Waals surface area contributed by atoms with Gasteiger partial charge >= 0.3 is 0 Å². The first kappa shape index (κ1) is 12.9. The first-order valence-electron chi connectivity index (χ1n) is 5.82. The SMILES string of the molecule is NC(Cc1ccccc1)C(=O)Sc1ccccc1. The molecule has 0 aliphatic heterocycles. The standard InChI is InChI=1S/C15H15NOS/c16-14(11-12-7-3-1-4-8-12)15(17)18-13-9-5-2-6-10-13/h1-10,14H,11,16H2. The van der Waals surface area contributed by atoms with Crippen molar-refractivity contribution < 1.29 is 4.79 Å². The Morgan fingerprint density at radius 3 is 2.17 bits per heavy atom. The zero-order chi connectivity index (χ0) is 12.8. The third kappa shape index (κ3) is 3.72. The Morgan fingerprint density at radius 2 is 1.56 bits per heavy atom. The Balaban J connectivity index is 1.93. The highest BCUT2D eigenvalue weighted by molar-refractivity contribution is 8.13. The van der Waals surface area contributed by atoms with Crippen molar-refractivity contribution in [3.05, 3.63) is 66.2 Å². The maximum absolute atomic E-state index is 12.0. The van der Waals surface area contributed by atoms with Gasteiger partial charge in [-0.15, -0.1) is 0 Å². The molecule has 18 heavy (non-hydrogen) atoms. The lowest BCUT2D eigenvalue weighted by Gasteiger charge is -2.09. The first-order valence-corrected chi connectivity index (χ1v) is 6.63. The molecule has 0 aliphatic rings. The Morgan fingerprint density at radius 1 is 1.00 bits per heavy atom. The van der Waals surface area contributed by atoms with Gasteiger partial charge in [-0.2, -0.15) is 0 Å². The smallest absolute Gasteiger partial charge is 0.210 e. The highest BCUT2D eigenvalue weighted by Gasteiger charge is 2.15. The summed E-state index contributed by atoms with van der Waals surface area (Å²) in [7, 11) is 0. The summed E-state index contributed by atoms with van der Waals surface area (Å²) in [5, 5.41) is 0.00468. The van der Waals surface area contributed by atoms with E-state index in [-0.39, 0.29) is 5.12 Å². The summed E-state index contributed by atoms with van der Waals surface area (Å²) in [6.45, 7) is 0. The predicted octanol–water partition coefficient (Wildman–Crippen LogP) is 2.88. The molecule has 3 heteroatoms. The van der Waals surface area contributed by atoms with Gasteiger partial charge < -0.3 is 5.73 Å². The fraction of sp³-hybridized carbons (Fsp3) is 0.133. The molecule has 0 radical (unpaired) electrons. The van der Waals surface area contributed by atoms with Crippen molar-refractivity contribution in [3.63, 3.8) is 0 Å². The zero-order valence-corrected chi connectivity index (χ0v) is 10.8. The van der Waals surface area contributed by atoms with E-state index in [1.807, 2.05) is 60.7 Å². The van der Waals surface area contributed by atoms with Gasteiger partial charge in [-0.3, -0.25) is 4.79 Å². The molecule has 92 valence electrons. The molecule has 0 aliphatic carbocycles. The van der Waals surface area contributed by atoms with E-state index in [4.69, 9.17) is 5.73 Å². The van der Waals surface area contributed by atoms with Gasteiger partial charge in [0.05, 0.1) is 6.04 Å². The Bertz CT molecular complexity index is 498. The van der Waals surface area contributed by atoms with Gasteiger partial charge in [0.2, 0.25) is 5.12 Å². The number of carbonyl (C=O) groups excluding carboxylic acids is 1. The third-order valence-electron chi connectivity index (χ3n) is 2.56. The summed E-state index contributed by atoms with van der Waals surface area (Å²) in [4.78, 5) is 12.9. The lowest BCUT2D eigenvalue weighted by Crippen LogP contribution is -2.30. The Kier molecular flexibility index (Phi) is 4.56. The molecular weight excluding hydrogens is 242 g/mol. The quantitative estimate of drug-likeness (QED) is 0.856. The van der Waals surface area contributed by atoms with Crippen molar-refractivity contribution in [2.75, 3.05) is 0 Å². The molecule has 0 saturated carbocycles. The number of hydrogen-bond acceptors (Lipinski definition) is 3. The number of hydrogen-bond donors (Lipinski definition) is 1. The van der Waals surface area contributed by atoms with Crippen LogP contribution in [0.5, 0.6) is 0 Å². The van der Waals surface area contributed by atoms with Crippen LogP contribution in [-0.4, -0.2) is 11.2 Å². The number of thioether (sulfide) groups is 1. The summed E-state index contributed by atoms with van der Waals surface area (Å²) in [5.74, 6) is 0. The van der Waals surface area contributed by atoms with Crippen LogP contribution in [-0.2, 0) is 11.2 Å². The lowest BCUT2D eigenvalue weighted by atomic mass is 10.1. The van der Waals surface area contributed by atoms with Crippen molar-refractivity contribution in [2.24, 2.45) is 5.73 Å². The van der Waals surface area contributed by atoms with Gasteiger partial charge in [-0.1, -0.05) is 60.3 Å². The Hall–Kier alpha value is -1.58. The van der Waals surface area contributed by atoms with Crippen molar-refractivity contribution >= 4 is 16.9 Å². The molecular formula is C15H15NOS. The monoisotopic (exact) mass is 257 g/mol. The van der Waals surface area contributed by atoms with Gasteiger partial charge in [-0.05, 0) is 24.1 Å². The molecule has 0 heterocycles. The topological polar surface area (TPSA) is 43.1 Å². The highest BCUT2D eigenvalue weighted by Crippen LogP contribution is 2.20. The second kappa shape index (κ2) is 6.38. The molecule has 1 unspecified atom stereocenters. The second-order valence-electron chi connectivity index (χ2n) is 4.03. The highest BCUT2D eigenvalue weighted by atomic mass is 32.2. The van der Waals surface area contributed by atoms with Crippen molar-refractivity contribution in [1.82, 2.24) is 0 Å². The largest absolute Gasteiger partial charge is 0.320 e. The number of rotatable bonds is 4. The molecule has 0 spiro atoms. The molecule has 2 nitrogen and oxygen atoms in total. The molecule has 0 bridgehead atoms. The van der Waals surface area contributed by atoms with Gasteiger partial charge in [0.25, 0.3) is 0 Å².